The number of hydrogen-bond acceptors (Lipinski definition) is 9. The molecule has 0 aliphatic rings. The van der Waals surface area contributed by atoms with Crippen molar-refractivity contribution in [1.82, 2.24) is 14.2 Å². The minimum Gasteiger partial charge on any atom is -0.408 e. The molecule has 4 rings (SSSR count). The summed E-state index contributed by atoms with van der Waals surface area (Å²) in [6.07, 6.45) is -1.09. The predicted octanol–water partition coefficient (Wildman–Crippen LogP) is 3.31. The molecule has 0 spiro atoms. The largest absolute Gasteiger partial charge is 0.419 e. The molecule has 1 amide bonds. The fraction of sp³-hybridized carbons (Fsp3) is 0.344. The Labute approximate surface area is 261 Å². The summed E-state index contributed by atoms with van der Waals surface area (Å²) in [5, 5.41) is 14.3. The SMILES string of the molecule is CC(=O)ONc1ccc(S(=O)(=O)N(CC(C)C)C[C@@H](O)[C@H](Cc2ccccc2)NC(=O)CCn2c(=O)oc3ccccc32)cc1. The van der Waals surface area contributed by atoms with Crippen LogP contribution in [0.15, 0.2) is 93.0 Å². The molecule has 0 saturated carbocycles. The van der Waals surface area contributed by atoms with Gasteiger partial charge in [0.15, 0.2) is 5.58 Å². The Hall–Kier alpha value is -4.46. The first-order valence-electron chi connectivity index (χ1n) is 14.6. The first-order valence-corrected chi connectivity index (χ1v) is 16.0. The molecular weight excluding hydrogens is 600 g/mol. The topological polar surface area (TPSA) is 160 Å². The Morgan fingerprint density at radius 1 is 0.978 bits per heavy atom. The number of aromatic nitrogens is 1. The highest BCUT2D eigenvalue weighted by atomic mass is 32.2. The van der Waals surface area contributed by atoms with Crippen molar-refractivity contribution in [2.24, 2.45) is 5.92 Å². The third kappa shape index (κ3) is 9.03. The smallest absolute Gasteiger partial charge is 0.408 e. The number of aliphatic hydroxyl groups excluding tert-OH is 1. The van der Waals surface area contributed by atoms with Gasteiger partial charge in [-0.2, -0.15) is 4.31 Å². The lowest BCUT2D eigenvalue weighted by Crippen LogP contribution is -2.51. The molecule has 0 saturated heterocycles. The lowest BCUT2D eigenvalue weighted by Gasteiger charge is -2.31. The Morgan fingerprint density at radius 2 is 1.64 bits per heavy atom. The lowest BCUT2D eigenvalue weighted by atomic mass is 10.0. The summed E-state index contributed by atoms with van der Waals surface area (Å²) >= 11 is 0. The maximum Gasteiger partial charge on any atom is 0.419 e. The average Bonchev–Trinajstić information content (AvgIpc) is 3.33. The van der Waals surface area contributed by atoms with Crippen molar-refractivity contribution < 1.29 is 32.4 Å². The number of aliphatic hydroxyl groups is 1. The van der Waals surface area contributed by atoms with Crippen LogP contribution >= 0.6 is 0 Å². The van der Waals surface area contributed by atoms with Crippen LogP contribution < -0.4 is 16.6 Å². The predicted molar refractivity (Wildman–Crippen MR) is 169 cm³/mol. The molecule has 0 unspecified atom stereocenters. The molecule has 1 aromatic heterocycles. The highest BCUT2D eigenvalue weighted by Gasteiger charge is 2.31. The van der Waals surface area contributed by atoms with Gasteiger partial charge in [0, 0.05) is 33.0 Å². The van der Waals surface area contributed by atoms with E-state index in [4.69, 9.17) is 9.25 Å². The van der Waals surface area contributed by atoms with Crippen LogP contribution in [0.5, 0.6) is 0 Å². The molecule has 12 nitrogen and oxygen atoms in total. The number of aryl methyl sites for hydroxylation is 1. The van der Waals surface area contributed by atoms with E-state index in [-0.39, 0.29) is 43.3 Å². The Bertz CT molecular complexity index is 1750. The number of sulfonamides is 1. The zero-order valence-electron chi connectivity index (χ0n) is 25.4. The van der Waals surface area contributed by atoms with Gasteiger partial charge in [0.1, 0.15) is 0 Å². The number of carbonyl (C=O) groups excluding carboxylic acids is 2. The number of nitrogens with zero attached hydrogens (tertiary/aromatic N) is 2. The van der Waals surface area contributed by atoms with E-state index in [0.717, 1.165) is 5.56 Å². The third-order valence-electron chi connectivity index (χ3n) is 7.01. The van der Waals surface area contributed by atoms with Crippen LogP contribution in [0, 0.1) is 5.92 Å². The molecule has 4 aromatic rings. The van der Waals surface area contributed by atoms with Crippen molar-refractivity contribution in [2.75, 3.05) is 18.6 Å². The fourth-order valence-corrected chi connectivity index (χ4v) is 6.48. The van der Waals surface area contributed by atoms with E-state index in [1.807, 2.05) is 44.2 Å². The third-order valence-corrected chi connectivity index (χ3v) is 8.86. The van der Waals surface area contributed by atoms with Crippen molar-refractivity contribution in [3.8, 4) is 0 Å². The van der Waals surface area contributed by atoms with Gasteiger partial charge in [0.2, 0.25) is 15.9 Å². The number of rotatable bonds is 15. The molecule has 1 heterocycles. The second-order valence-corrected chi connectivity index (χ2v) is 13.0. The summed E-state index contributed by atoms with van der Waals surface area (Å²) in [7, 11) is -4.06. The Kier molecular flexibility index (Phi) is 11.2. The fourth-order valence-electron chi connectivity index (χ4n) is 4.86. The number of anilines is 1. The second-order valence-electron chi connectivity index (χ2n) is 11.1. The maximum atomic E-state index is 13.7. The molecule has 2 atom stereocenters. The normalized spacial score (nSPS) is 13.1. The summed E-state index contributed by atoms with van der Waals surface area (Å²) in [4.78, 5) is 41.3. The lowest BCUT2D eigenvalue weighted by molar-refractivity contribution is -0.138. The van der Waals surface area contributed by atoms with Gasteiger partial charge in [-0.1, -0.05) is 56.3 Å². The summed E-state index contributed by atoms with van der Waals surface area (Å²) < 4.78 is 35.3. The highest BCUT2D eigenvalue weighted by molar-refractivity contribution is 7.89. The molecule has 13 heteroatoms. The van der Waals surface area contributed by atoms with E-state index in [0.29, 0.717) is 16.8 Å². The van der Waals surface area contributed by atoms with Crippen molar-refractivity contribution in [2.45, 2.75) is 57.2 Å². The first-order chi connectivity index (χ1) is 21.4. The van der Waals surface area contributed by atoms with Crippen molar-refractivity contribution in [3.05, 3.63) is 95.0 Å². The molecule has 0 radical (unpaired) electrons. The highest BCUT2D eigenvalue weighted by Crippen LogP contribution is 2.21. The summed E-state index contributed by atoms with van der Waals surface area (Å²) in [5.41, 5.74) is 4.66. The molecule has 3 N–H and O–H groups in total. The standard InChI is InChI=1S/C32H38N4O8S/c1-22(2)20-35(45(41,42)26-15-13-25(14-16-26)34-44-23(3)37)21-29(38)27(19-24-9-5-4-6-10-24)33-31(39)17-18-36-28-11-7-8-12-30(28)43-32(36)40/h4-16,22,27,29,34,38H,17-21H2,1-3H3,(H,33,39)/t27-,29+/m0/s1. The van der Waals surface area contributed by atoms with E-state index in [9.17, 15) is 27.9 Å². The molecule has 0 aliphatic heterocycles. The maximum absolute atomic E-state index is 13.7. The van der Waals surface area contributed by atoms with Crippen molar-refractivity contribution in [1.29, 1.82) is 0 Å². The van der Waals surface area contributed by atoms with Crippen LogP contribution in [0.4, 0.5) is 5.69 Å². The van der Waals surface area contributed by atoms with Gasteiger partial charge in [0.25, 0.3) is 0 Å². The summed E-state index contributed by atoms with van der Waals surface area (Å²) in [5.74, 6) is -1.61. The van der Waals surface area contributed by atoms with E-state index in [1.165, 1.54) is 40.1 Å². The van der Waals surface area contributed by atoms with E-state index < -0.39 is 39.8 Å². The zero-order valence-corrected chi connectivity index (χ0v) is 26.2. The van der Waals surface area contributed by atoms with Crippen LogP contribution in [0.1, 0.15) is 32.8 Å². The number of oxazole rings is 1. The molecule has 3 aromatic carbocycles. The van der Waals surface area contributed by atoms with E-state index in [1.54, 1.807) is 24.3 Å². The Balaban J connectivity index is 1.52. The summed E-state index contributed by atoms with van der Waals surface area (Å²) in [6, 6.07) is 21.0. The van der Waals surface area contributed by atoms with Crippen LogP contribution in [-0.2, 0) is 37.4 Å². The van der Waals surface area contributed by atoms with Crippen LogP contribution in [0.3, 0.4) is 0 Å². The first kappa shape index (κ1) is 33.4. The molecule has 0 aliphatic carbocycles. The van der Waals surface area contributed by atoms with Gasteiger partial charge in [-0.25, -0.2) is 18.7 Å². The zero-order chi connectivity index (χ0) is 32.6. The number of amides is 1. The van der Waals surface area contributed by atoms with Gasteiger partial charge in [-0.05, 0) is 54.3 Å². The van der Waals surface area contributed by atoms with Crippen LogP contribution in [0.25, 0.3) is 11.1 Å². The minimum atomic E-state index is -4.06. The number of para-hydroxylation sites is 2. The molecule has 0 bridgehead atoms. The Morgan fingerprint density at radius 3 is 2.31 bits per heavy atom. The molecular formula is C32H38N4O8S. The van der Waals surface area contributed by atoms with Crippen molar-refractivity contribution in [3.63, 3.8) is 0 Å². The average molecular weight is 639 g/mol. The van der Waals surface area contributed by atoms with Gasteiger partial charge >= 0.3 is 11.7 Å². The van der Waals surface area contributed by atoms with Gasteiger partial charge in [-0.3, -0.25) is 14.2 Å². The molecule has 0 fully saturated rings. The van der Waals surface area contributed by atoms with Gasteiger partial charge in [-0.15, -0.1) is 0 Å². The number of hydrogen-bond donors (Lipinski definition) is 3. The van der Waals surface area contributed by atoms with Crippen molar-refractivity contribution >= 4 is 38.7 Å². The minimum absolute atomic E-state index is 0.00912. The van der Waals surface area contributed by atoms with Gasteiger partial charge < -0.3 is 19.7 Å². The van der Waals surface area contributed by atoms with Crippen LogP contribution in [0.2, 0.25) is 0 Å². The van der Waals surface area contributed by atoms with Crippen LogP contribution in [-0.4, -0.2) is 59.5 Å². The van der Waals surface area contributed by atoms with E-state index in [2.05, 4.69) is 10.8 Å². The molecule has 45 heavy (non-hydrogen) atoms. The second kappa shape index (κ2) is 15.0. The van der Waals surface area contributed by atoms with E-state index >= 15 is 0 Å². The number of benzene rings is 3. The number of carbonyl (C=O) groups is 2. The van der Waals surface area contributed by atoms with Gasteiger partial charge in [0.05, 0.1) is 28.2 Å². The number of fused-ring (bicyclic) bond motifs is 1. The number of nitrogens with one attached hydrogen (secondary N) is 2. The monoisotopic (exact) mass is 638 g/mol. The summed E-state index contributed by atoms with van der Waals surface area (Å²) in [6.45, 7) is 4.87. The quantitative estimate of drug-likeness (QED) is 0.166. The molecule has 240 valence electrons.